The fraction of sp³-hybridized carbons (Fsp3) is 0.737. The van der Waals surface area contributed by atoms with Crippen LogP contribution in [0.5, 0.6) is 0 Å². The van der Waals surface area contributed by atoms with Crippen molar-refractivity contribution < 1.29 is 18.9 Å². The van der Waals surface area contributed by atoms with Crippen molar-refractivity contribution in [2.45, 2.75) is 51.4 Å². The minimum atomic E-state index is -0.242. The van der Waals surface area contributed by atoms with Crippen molar-refractivity contribution >= 4 is 0 Å². The lowest BCUT2D eigenvalue weighted by atomic mass is 9.86. The quantitative estimate of drug-likeness (QED) is 0.614. The fourth-order valence-electron chi connectivity index (χ4n) is 3.24. The van der Waals surface area contributed by atoms with E-state index in [1.54, 1.807) is 13.3 Å². The summed E-state index contributed by atoms with van der Waals surface area (Å²) in [6.45, 7) is 9.49. The molecule has 1 aliphatic rings. The van der Waals surface area contributed by atoms with Crippen LogP contribution in [-0.2, 0) is 25.6 Å². The number of rotatable bonds is 10. The maximum absolute atomic E-state index is 6.44. The van der Waals surface area contributed by atoms with Gasteiger partial charge in [0.25, 0.3) is 0 Å². The maximum atomic E-state index is 6.44. The predicted octanol–water partition coefficient (Wildman–Crippen LogP) is 3.23. The standard InChI is InChI=1S/C19H31NO4/c1-5-19(15-23-14-17-8-6-7-9-20-17)12-16(18(2,3)24-19)13-22-11-10-21-4/h6-9,16H,5,10-15H2,1-4H3. The minimum absolute atomic E-state index is 0.211. The Morgan fingerprint density at radius 1 is 1.25 bits per heavy atom. The van der Waals surface area contributed by atoms with Gasteiger partial charge < -0.3 is 18.9 Å². The van der Waals surface area contributed by atoms with E-state index < -0.39 is 0 Å². The van der Waals surface area contributed by atoms with Gasteiger partial charge in [-0.15, -0.1) is 0 Å². The largest absolute Gasteiger partial charge is 0.382 e. The van der Waals surface area contributed by atoms with E-state index in [1.165, 1.54) is 0 Å². The molecule has 1 aromatic heterocycles. The molecule has 5 nitrogen and oxygen atoms in total. The molecule has 1 aromatic rings. The zero-order valence-corrected chi connectivity index (χ0v) is 15.4. The summed E-state index contributed by atoms with van der Waals surface area (Å²) in [4.78, 5) is 4.30. The first kappa shape index (κ1) is 19.3. The van der Waals surface area contributed by atoms with E-state index in [0.29, 0.717) is 39.0 Å². The number of aromatic nitrogens is 1. The maximum Gasteiger partial charge on any atom is 0.0924 e. The second-order valence-corrected chi connectivity index (χ2v) is 7.02. The molecule has 5 heteroatoms. The van der Waals surface area contributed by atoms with E-state index in [1.807, 2.05) is 18.2 Å². The SMILES string of the molecule is CCC1(COCc2ccccn2)CC(COCCOC)C(C)(C)O1. The molecule has 2 atom stereocenters. The van der Waals surface area contributed by atoms with E-state index in [-0.39, 0.29) is 11.2 Å². The molecule has 2 rings (SSSR count). The Bertz CT molecular complexity index is 480. The van der Waals surface area contributed by atoms with Crippen molar-refractivity contribution in [3.8, 4) is 0 Å². The van der Waals surface area contributed by atoms with Gasteiger partial charge in [-0.1, -0.05) is 13.0 Å². The third kappa shape index (κ3) is 5.24. The molecule has 0 N–H and O–H groups in total. The topological polar surface area (TPSA) is 49.8 Å². The number of hydrogen-bond acceptors (Lipinski definition) is 5. The molecule has 1 fully saturated rings. The van der Waals surface area contributed by atoms with Crippen molar-refractivity contribution in [3.05, 3.63) is 30.1 Å². The van der Waals surface area contributed by atoms with Crippen molar-refractivity contribution in [1.82, 2.24) is 4.98 Å². The average Bonchev–Trinajstić information content (AvgIpc) is 2.83. The highest BCUT2D eigenvalue weighted by atomic mass is 16.6. The lowest BCUT2D eigenvalue weighted by molar-refractivity contribution is -0.134. The lowest BCUT2D eigenvalue weighted by Gasteiger charge is -2.31. The van der Waals surface area contributed by atoms with Gasteiger partial charge >= 0.3 is 0 Å². The van der Waals surface area contributed by atoms with Gasteiger partial charge in [0, 0.05) is 19.2 Å². The van der Waals surface area contributed by atoms with Crippen LogP contribution >= 0.6 is 0 Å². The van der Waals surface area contributed by atoms with Gasteiger partial charge in [-0.05, 0) is 38.8 Å². The summed E-state index contributed by atoms with van der Waals surface area (Å²) >= 11 is 0. The Morgan fingerprint density at radius 2 is 2.08 bits per heavy atom. The normalized spacial score (nSPS) is 25.9. The molecule has 1 saturated heterocycles. The van der Waals surface area contributed by atoms with E-state index in [4.69, 9.17) is 18.9 Å². The molecule has 0 bridgehead atoms. The Hall–Kier alpha value is -1.01. The molecule has 24 heavy (non-hydrogen) atoms. The van der Waals surface area contributed by atoms with Gasteiger partial charge in [-0.3, -0.25) is 4.98 Å². The summed E-state index contributed by atoms with van der Waals surface area (Å²) in [6, 6.07) is 5.86. The Labute approximate surface area is 145 Å². The molecule has 136 valence electrons. The minimum Gasteiger partial charge on any atom is -0.382 e. The molecule has 0 saturated carbocycles. The van der Waals surface area contributed by atoms with Crippen LogP contribution in [0.1, 0.15) is 39.3 Å². The van der Waals surface area contributed by atoms with Crippen LogP contribution < -0.4 is 0 Å². The van der Waals surface area contributed by atoms with Crippen LogP contribution in [0, 0.1) is 5.92 Å². The molecule has 2 unspecified atom stereocenters. The van der Waals surface area contributed by atoms with E-state index >= 15 is 0 Å². The molecule has 1 aliphatic heterocycles. The number of pyridine rings is 1. The highest BCUT2D eigenvalue weighted by Crippen LogP contribution is 2.44. The second-order valence-electron chi connectivity index (χ2n) is 7.02. The molecule has 0 spiro atoms. The van der Waals surface area contributed by atoms with Crippen LogP contribution in [0.3, 0.4) is 0 Å². The van der Waals surface area contributed by atoms with Crippen LogP contribution in [-0.4, -0.2) is 49.7 Å². The van der Waals surface area contributed by atoms with Crippen LogP contribution in [0.25, 0.3) is 0 Å². The first-order chi connectivity index (χ1) is 11.5. The Morgan fingerprint density at radius 3 is 2.75 bits per heavy atom. The van der Waals surface area contributed by atoms with Crippen molar-refractivity contribution in [2.75, 3.05) is 33.5 Å². The number of nitrogens with zero attached hydrogens (tertiary/aromatic N) is 1. The molecule has 0 aromatic carbocycles. The average molecular weight is 337 g/mol. The third-order valence-electron chi connectivity index (χ3n) is 4.82. The van der Waals surface area contributed by atoms with Crippen molar-refractivity contribution in [1.29, 1.82) is 0 Å². The van der Waals surface area contributed by atoms with Gasteiger partial charge in [0.2, 0.25) is 0 Å². The van der Waals surface area contributed by atoms with Crippen LogP contribution in [0.15, 0.2) is 24.4 Å². The third-order valence-corrected chi connectivity index (χ3v) is 4.82. The van der Waals surface area contributed by atoms with E-state index in [2.05, 4.69) is 25.8 Å². The van der Waals surface area contributed by atoms with Crippen molar-refractivity contribution in [2.24, 2.45) is 5.92 Å². The lowest BCUT2D eigenvalue weighted by Crippen LogP contribution is -2.36. The number of ether oxygens (including phenoxy) is 4. The molecule has 0 aliphatic carbocycles. The van der Waals surface area contributed by atoms with Gasteiger partial charge in [-0.2, -0.15) is 0 Å². The van der Waals surface area contributed by atoms with E-state index in [0.717, 1.165) is 18.5 Å². The monoisotopic (exact) mass is 337 g/mol. The summed E-state index contributed by atoms with van der Waals surface area (Å²) < 4.78 is 23.2. The summed E-state index contributed by atoms with van der Waals surface area (Å²) in [6.07, 6.45) is 3.66. The summed E-state index contributed by atoms with van der Waals surface area (Å²) in [5.74, 6) is 0.354. The molecular formula is C19H31NO4. The summed E-state index contributed by atoms with van der Waals surface area (Å²) in [5, 5.41) is 0. The Balaban J connectivity index is 1.86. The van der Waals surface area contributed by atoms with Gasteiger partial charge in [0.05, 0.1) is 49.9 Å². The highest BCUT2D eigenvalue weighted by molar-refractivity contribution is 5.02. The van der Waals surface area contributed by atoms with Crippen molar-refractivity contribution in [3.63, 3.8) is 0 Å². The first-order valence-electron chi connectivity index (χ1n) is 8.76. The summed E-state index contributed by atoms with van der Waals surface area (Å²) in [7, 11) is 1.69. The van der Waals surface area contributed by atoms with Crippen LogP contribution in [0.2, 0.25) is 0 Å². The zero-order chi connectivity index (χ0) is 17.5. The van der Waals surface area contributed by atoms with Crippen LogP contribution in [0.4, 0.5) is 0 Å². The molecular weight excluding hydrogens is 306 g/mol. The smallest absolute Gasteiger partial charge is 0.0924 e. The second kappa shape index (κ2) is 8.90. The van der Waals surface area contributed by atoms with Gasteiger partial charge in [0.1, 0.15) is 0 Å². The number of methoxy groups -OCH3 is 1. The highest BCUT2D eigenvalue weighted by Gasteiger charge is 2.50. The zero-order valence-electron chi connectivity index (χ0n) is 15.4. The first-order valence-corrected chi connectivity index (χ1v) is 8.76. The number of hydrogen-bond donors (Lipinski definition) is 0. The van der Waals surface area contributed by atoms with Gasteiger partial charge in [0.15, 0.2) is 0 Å². The van der Waals surface area contributed by atoms with E-state index in [9.17, 15) is 0 Å². The fourth-order valence-corrected chi connectivity index (χ4v) is 3.24. The Kier molecular flexibility index (Phi) is 7.16. The molecule has 0 amide bonds. The molecule has 2 heterocycles. The van der Waals surface area contributed by atoms with Gasteiger partial charge in [-0.25, -0.2) is 0 Å². The molecule has 0 radical (unpaired) electrons. The predicted molar refractivity (Wildman–Crippen MR) is 92.9 cm³/mol. The summed E-state index contributed by atoms with van der Waals surface area (Å²) in [5.41, 5.74) is 0.491.